The summed E-state index contributed by atoms with van der Waals surface area (Å²) in [6.07, 6.45) is 12.9. The highest BCUT2D eigenvalue weighted by molar-refractivity contribution is 8.04. The predicted octanol–water partition coefficient (Wildman–Crippen LogP) is 5.42. The molecular formula is C27H38O5S. The van der Waals surface area contributed by atoms with Crippen LogP contribution in [0.1, 0.15) is 63.9 Å². The smallest absolute Gasteiger partial charge is 0.302 e. The van der Waals surface area contributed by atoms with Crippen molar-refractivity contribution in [2.45, 2.75) is 70.3 Å². The topological polar surface area (TPSA) is 72.8 Å². The molecule has 0 aliphatic heterocycles. The van der Waals surface area contributed by atoms with Crippen LogP contribution >= 0.6 is 11.8 Å². The van der Waals surface area contributed by atoms with Crippen molar-refractivity contribution in [3.05, 3.63) is 58.5 Å². The Morgan fingerprint density at radius 3 is 2.36 bits per heavy atom. The minimum atomic E-state index is -1.30. The van der Waals surface area contributed by atoms with Gasteiger partial charge in [-0.2, -0.15) is 0 Å². The van der Waals surface area contributed by atoms with Crippen molar-refractivity contribution in [1.29, 1.82) is 0 Å². The molecule has 182 valence electrons. The van der Waals surface area contributed by atoms with Crippen LogP contribution in [0.3, 0.4) is 0 Å². The average Bonchev–Trinajstić information content (AvgIpc) is 3.02. The number of Topliss-reactive ketones (excluding diaryl/α,β-unsaturated/α-hetero) is 1. The summed E-state index contributed by atoms with van der Waals surface area (Å²) in [5.74, 6) is 0.0360. The Kier molecular flexibility index (Phi) is 12.5. The molecule has 5 nitrogen and oxygen atoms in total. The second kappa shape index (κ2) is 15.1. The first-order valence-electron chi connectivity index (χ1n) is 12.0. The molecule has 0 heterocycles. The zero-order valence-electron chi connectivity index (χ0n) is 20.0. The van der Waals surface area contributed by atoms with Gasteiger partial charge in [0.2, 0.25) is 0 Å². The van der Waals surface area contributed by atoms with Gasteiger partial charge >= 0.3 is 5.97 Å². The number of rotatable bonds is 16. The van der Waals surface area contributed by atoms with Gasteiger partial charge in [0.05, 0.1) is 4.91 Å². The lowest BCUT2D eigenvalue weighted by molar-refractivity contribution is -0.140. The number of ether oxygens (including phenoxy) is 2. The monoisotopic (exact) mass is 474 g/mol. The number of allylic oxidation sites excluding steroid dienone is 2. The lowest BCUT2D eigenvalue weighted by Gasteiger charge is -2.22. The van der Waals surface area contributed by atoms with E-state index in [4.69, 9.17) is 9.47 Å². The fourth-order valence-corrected chi connectivity index (χ4v) is 4.88. The third-order valence-corrected chi connectivity index (χ3v) is 6.65. The summed E-state index contributed by atoms with van der Waals surface area (Å²) in [4.78, 5) is 24.6. The Morgan fingerprint density at radius 2 is 1.70 bits per heavy atom. The first-order chi connectivity index (χ1) is 16.0. The van der Waals surface area contributed by atoms with Gasteiger partial charge in [-0.3, -0.25) is 9.59 Å². The third-order valence-electron chi connectivity index (χ3n) is 5.67. The lowest BCUT2D eigenvalue weighted by Crippen LogP contribution is -2.30. The minimum absolute atomic E-state index is 0.112. The van der Waals surface area contributed by atoms with Crippen molar-refractivity contribution >= 4 is 23.5 Å². The van der Waals surface area contributed by atoms with Crippen LogP contribution < -0.4 is 0 Å². The molecule has 6 heteroatoms. The lowest BCUT2D eigenvalue weighted by atomic mass is 9.88. The van der Waals surface area contributed by atoms with Crippen LogP contribution in [-0.2, 0) is 25.5 Å². The summed E-state index contributed by atoms with van der Waals surface area (Å²) in [6, 6.07) is 9.74. The van der Waals surface area contributed by atoms with E-state index in [-0.39, 0.29) is 18.4 Å². The number of hydrogen-bond donors (Lipinski definition) is 1. The first kappa shape index (κ1) is 27.4. The Balaban J connectivity index is 1.92. The third kappa shape index (κ3) is 9.86. The van der Waals surface area contributed by atoms with Crippen LogP contribution in [-0.4, -0.2) is 48.5 Å². The molecule has 1 unspecified atom stereocenters. The summed E-state index contributed by atoms with van der Waals surface area (Å²) in [5.41, 5.74) is 0.152. The number of ketones is 1. The van der Waals surface area contributed by atoms with Crippen molar-refractivity contribution in [2.75, 3.05) is 26.1 Å². The molecule has 0 amide bonds. The number of unbranched alkanes of at least 4 members (excludes halogenated alkanes) is 7. The summed E-state index contributed by atoms with van der Waals surface area (Å²) < 4.78 is 10.0. The van der Waals surface area contributed by atoms with Crippen molar-refractivity contribution in [2.24, 2.45) is 0 Å². The Labute approximate surface area is 202 Å². The highest BCUT2D eigenvalue weighted by Gasteiger charge is 2.41. The predicted molar refractivity (Wildman–Crippen MR) is 134 cm³/mol. The molecule has 1 aliphatic rings. The zero-order valence-corrected chi connectivity index (χ0v) is 20.8. The van der Waals surface area contributed by atoms with Gasteiger partial charge in [0, 0.05) is 38.4 Å². The number of aliphatic hydroxyl groups is 1. The van der Waals surface area contributed by atoms with E-state index in [9.17, 15) is 14.7 Å². The maximum Gasteiger partial charge on any atom is 0.302 e. The van der Waals surface area contributed by atoms with Gasteiger partial charge in [-0.05, 0) is 30.9 Å². The van der Waals surface area contributed by atoms with E-state index >= 15 is 0 Å². The fourth-order valence-electron chi connectivity index (χ4n) is 3.98. The number of methoxy groups -OCH3 is 1. The number of benzene rings is 1. The normalized spacial score (nSPS) is 19.2. The van der Waals surface area contributed by atoms with E-state index in [0.717, 1.165) is 37.9 Å². The number of hydrogen-bond acceptors (Lipinski definition) is 6. The molecule has 1 aliphatic carbocycles. The Hall–Kier alpha value is -1.89. The second-order valence-electron chi connectivity index (χ2n) is 8.49. The van der Waals surface area contributed by atoms with Crippen molar-refractivity contribution < 1.29 is 24.2 Å². The van der Waals surface area contributed by atoms with Gasteiger partial charge in [-0.25, -0.2) is 0 Å². The molecule has 0 saturated carbocycles. The summed E-state index contributed by atoms with van der Waals surface area (Å²) in [7, 11) is 1.74. The number of carbonyl (C=O) groups is 2. The van der Waals surface area contributed by atoms with E-state index in [0.29, 0.717) is 22.7 Å². The van der Waals surface area contributed by atoms with Crippen LogP contribution in [0.2, 0.25) is 0 Å². The van der Waals surface area contributed by atoms with E-state index < -0.39 is 5.60 Å². The van der Waals surface area contributed by atoms with E-state index in [1.165, 1.54) is 44.4 Å². The Morgan fingerprint density at radius 1 is 1.03 bits per heavy atom. The quantitative estimate of drug-likeness (QED) is 0.196. The highest BCUT2D eigenvalue weighted by Crippen LogP contribution is 2.39. The molecule has 0 saturated heterocycles. The van der Waals surface area contributed by atoms with Crippen LogP contribution in [0.15, 0.2) is 53.0 Å². The van der Waals surface area contributed by atoms with Crippen molar-refractivity contribution in [1.82, 2.24) is 0 Å². The van der Waals surface area contributed by atoms with Crippen molar-refractivity contribution in [3.8, 4) is 0 Å². The molecule has 1 N–H and O–H groups in total. The molecule has 0 bridgehead atoms. The number of thioether (sulfide) groups is 1. The maximum absolute atomic E-state index is 13.1. The molecule has 0 fully saturated rings. The van der Waals surface area contributed by atoms with E-state index in [1.807, 2.05) is 36.4 Å². The summed E-state index contributed by atoms with van der Waals surface area (Å²) in [5, 5.41) is 11.5. The van der Waals surface area contributed by atoms with Gasteiger partial charge in [-0.15, -0.1) is 11.8 Å². The summed E-state index contributed by atoms with van der Waals surface area (Å²) >= 11 is 1.33. The molecule has 1 atom stereocenters. The van der Waals surface area contributed by atoms with E-state index in [2.05, 4.69) is 0 Å². The molecule has 1 aromatic rings. The Bertz CT molecular complexity index is 802. The van der Waals surface area contributed by atoms with Gasteiger partial charge in [0.1, 0.15) is 12.2 Å². The zero-order chi connectivity index (χ0) is 23.9. The van der Waals surface area contributed by atoms with Gasteiger partial charge in [0.15, 0.2) is 5.78 Å². The average molecular weight is 475 g/mol. The molecular weight excluding hydrogens is 436 g/mol. The summed E-state index contributed by atoms with van der Waals surface area (Å²) in [6.45, 7) is 2.45. The van der Waals surface area contributed by atoms with Crippen LogP contribution in [0.25, 0.3) is 0 Å². The number of carbonyl (C=O) groups excluding carboxylic acids is 2. The SMILES string of the molecule is COCCCCCCCCCC=C1C(=O)C(SCCOC(C)=O)=CC1(O)Cc1ccccc1. The molecule has 2 rings (SSSR count). The van der Waals surface area contributed by atoms with Crippen LogP contribution in [0.4, 0.5) is 0 Å². The molecule has 33 heavy (non-hydrogen) atoms. The van der Waals surface area contributed by atoms with E-state index in [1.54, 1.807) is 13.2 Å². The fraction of sp³-hybridized carbons (Fsp3) is 0.556. The molecule has 0 spiro atoms. The maximum atomic E-state index is 13.1. The van der Waals surface area contributed by atoms with Gasteiger partial charge < -0.3 is 14.6 Å². The van der Waals surface area contributed by atoms with Gasteiger partial charge in [-0.1, -0.05) is 68.5 Å². The first-order valence-corrected chi connectivity index (χ1v) is 12.9. The van der Waals surface area contributed by atoms with Crippen LogP contribution in [0, 0.1) is 0 Å². The number of esters is 1. The van der Waals surface area contributed by atoms with Crippen LogP contribution in [0.5, 0.6) is 0 Å². The standard InChI is InChI=1S/C27H38O5S/c1-22(28)32-18-19-33-25-21-27(30,20-23-14-10-9-11-15-23)24(26(25)29)16-12-7-5-3-4-6-8-13-17-31-2/h9-11,14-16,21,30H,3-8,12-13,17-20H2,1-2H3. The molecule has 0 radical (unpaired) electrons. The van der Waals surface area contributed by atoms with Crippen molar-refractivity contribution in [3.63, 3.8) is 0 Å². The highest BCUT2D eigenvalue weighted by atomic mass is 32.2. The molecule has 1 aromatic carbocycles. The minimum Gasteiger partial charge on any atom is -0.465 e. The second-order valence-corrected chi connectivity index (χ2v) is 9.62. The molecule has 0 aromatic heterocycles. The van der Waals surface area contributed by atoms with Gasteiger partial charge in [0.25, 0.3) is 0 Å². The largest absolute Gasteiger partial charge is 0.465 e.